The summed E-state index contributed by atoms with van der Waals surface area (Å²) in [5, 5.41) is 0. The summed E-state index contributed by atoms with van der Waals surface area (Å²) in [7, 11) is 1.81. The van der Waals surface area contributed by atoms with E-state index in [9.17, 15) is 8.42 Å². The summed E-state index contributed by atoms with van der Waals surface area (Å²) in [5.74, 6) is 0.326. The number of rotatable bonds is 4. The second kappa shape index (κ2) is 5.59. The van der Waals surface area contributed by atoms with E-state index in [0.717, 1.165) is 6.42 Å². The molecule has 2 rings (SSSR count). The van der Waals surface area contributed by atoms with Crippen molar-refractivity contribution in [2.75, 3.05) is 40.0 Å². The molecule has 20 heavy (non-hydrogen) atoms. The number of anilines is 1. The molecule has 1 unspecified atom stereocenters. The minimum Gasteiger partial charge on any atom is -0.495 e. The molecule has 112 valence electrons. The van der Waals surface area contributed by atoms with Gasteiger partial charge in [0.25, 0.3) is 0 Å². The summed E-state index contributed by atoms with van der Waals surface area (Å²) < 4.78 is 32.1. The molecule has 1 aromatic carbocycles. The van der Waals surface area contributed by atoms with E-state index in [2.05, 4.69) is 0 Å². The lowest BCUT2D eigenvalue weighted by Gasteiger charge is -2.21. The summed E-state index contributed by atoms with van der Waals surface area (Å²) >= 11 is 0. The number of sulfonamides is 1. The number of methoxy groups -OCH3 is 1. The van der Waals surface area contributed by atoms with E-state index in [-0.39, 0.29) is 10.9 Å². The monoisotopic (exact) mass is 299 g/mol. The number of nitrogens with zero attached hydrogens (tertiary/aromatic N) is 2. The molecule has 1 heterocycles. The van der Waals surface area contributed by atoms with Gasteiger partial charge in [-0.3, -0.25) is 0 Å². The van der Waals surface area contributed by atoms with Crippen LogP contribution < -0.4 is 10.5 Å². The quantitative estimate of drug-likeness (QED) is 0.824. The smallest absolute Gasteiger partial charge is 0.246 e. The highest BCUT2D eigenvalue weighted by molar-refractivity contribution is 7.89. The molecule has 2 N–H and O–H groups in total. The van der Waals surface area contributed by atoms with Gasteiger partial charge in [-0.15, -0.1) is 0 Å². The lowest BCUT2D eigenvalue weighted by atomic mass is 10.2. The van der Waals surface area contributed by atoms with Gasteiger partial charge in [0.2, 0.25) is 10.0 Å². The lowest BCUT2D eigenvalue weighted by molar-refractivity contribution is 0.302. The summed E-state index contributed by atoms with van der Waals surface area (Å²) in [6.07, 6.45) is 0.830. The van der Waals surface area contributed by atoms with Crippen LogP contribution in [-0.2, 0) is 10.0 Å². The zero-order valence-electron chi connectivity index (χ0n) is 12.0. The third-order valence-corrected chi connectivity index (χ3v) is 5.55. The predicted molar refractivity (Wildman–Crippen MR) is 78.3 cm³/mol. The molecular formula is C13H21N3O3S. The predicted octanol–water partition coefficient (Wildman–Crippen LogP) is 0.602. The maximum Gasteiger partial charge on any atom is 0.246 e. The first-order valence-corrected chi connectivity index (χ1v) is 7.90. The molecule has 1 fully saturated rings. The van der Waals surface area contributed by atoms with Crippen LogP contribution in [0.2, 0.25) is 0 Å². The minimum atomic E-state index is -3.57. The molecule has 0 spiro atoms. The van der Waals surface area contributed by atoms with Crippen LogP contribution in [0, 0.1) is 0 Å². The number of nitrogens with two attached hydrogens (primary N) is 1. The normalized spacial score (nSPS) is 20.5. The summed E-state index contributed by atoms with van der Waals surface area (Å²) in [5.41, 5.74) is 6.12. The first-order chi connectivity index (χ1) is 9.36. The first kappa shape index (κ1) is 15.1. The van der Waals surface area contributed by atoms with Gasteiger partial charge in [0.05, 0.1) is 7.11 Å². The Hall–Kier alpha value is -1.31. The van der Waals surface area contributed by atoms with Gasteiger partial charge in [-0.2, -0.15) is 4.31 Å². The first-order valence-electron chi connectivity index (χ1n) is 6.46. The number of nitrogen functional groups attached to an aromatic ring is 1. The molecule has 1 saturated heterocycles. The van der Waals surface area contributed by atoms with E-state index in [1.54, 1.807) is 12.1 Å². The maximum absolute atomic E-state index is 12.7. The highest BCUT2D eigenvalue weighted by atomic mass is 32.2. The van der Waals surface area contributed by atoms with Crippen LogP contribution in [0.1, 0.15) is 6.42 Å². The topological polar surface area (TPSA) is 75.9 Å². The zero-order valence-corrected chi connectivity index (χ0v) is 12.9. The Bertz CT molecular complexity index is 587. The average Bonchev–Trinajstić information content (AvgIpc) is 2.89. The van der Waals surface area contributed by atoms with Crippen molar-refractivity contribution in [3.63, 3.8) is 0 Å². The Morgan fingerprint density at radius 2 is 2.10 bits per heavy atom. The highest BCUT2D eigenvalue weighted by Crippen LogP contribution is 2.30. The molecule has 0 aliphatic carbocycles. The van der Waals surface area contributed by atoms with Gasteiger partial charge in [0.1, 0.15) is 10.6 Å². The minimum absolute atomic E-state index is 0.138. The largest absolute Gasteiger partial charge is 0.495 e. The Labute approximate surface area is 120 Å². The molecule has 1 aliphatic heterocycles. The molecule has 1 aromatic rings. The Kier molecular flexibility index (Phi) is 4.22. The Morgan fingerprint density at radius 3 is 2.65 bits per heavy atom. The summed E-state index contributed by atoms with van der Waals surface area (Å²) in [4.78, 5) is 2.19. The van der Waals surface area contributed by atoms with E-state index in [1.165, 1.54) is 17.5 Å². The zero-order chi connectivity index (χ0) is 14.9. The molecule has 7 heteroatoms. The molecule has 6 nitrogen and oxygen atoms in total. The van der Waals surface area contributed by atoms with Crippen molar-refractivity contribution < 1.29 is 13.2 Å². The lowest BCUT2D eigenvalue weighted by Crippen LogP contribution is -2.34. The van der Waals surface area contributed by atoms with Crippen molar-refractivity contribution in [2.45, 2.75) is 17.4 Å². The van der Waals surface area contributed by atoms with Gasteiger partial charge in [-0.05, 0) is 38.7 Å². The van der Waals surface area contributed by atoms with E-state index < -0.39 is 10.0 Å². The number of ether oxygens (including phenoxy) is 1. The summed E-state index contributed by atoms with van der Waals surface area (Å²) in [6.45, 7) is 1.01. The number of benzene rings is 1. The highest BCUT2D eigenvalue weighted by Gasteiger charge is 2.35. The number of hydrogen-bond donors (Lipinski definition) is 1. The average molecular weight is 299 g/mol. The second-order valence-electron chi connectivity index (χ2n) is 5.18. The van der Waals surface area contributed by atoms with Crippen LogP contribution in [0.25, 0.3) is 0 Å². The second-order valence-corrected chi connectivity index (χ2v) is 7.09. The van der Waals surface area contributed by atoms with Gasteiger partial charge in [0.15, 0.2) is 0 Å². The number of hydrogen-bond acceptors (Lipinski definition) is 5. The van der Waals surface area contributed by atoms with E-state index in [4.69, 9.17) is 10.5 Å². The fourth-order valence-electron chi connectivity index (χ4n) is 2.38. The van der Waals surface area contributed by atoms with Gasteiger partial charge in [0, 0.05) is 24.8 Å². The van der Waals surface area contributed by atoms with Crippen molar-refractivity contribution in [3.05, 3.63) is 18.2 Å². The van der Waals surface area contributed by atoms with E-state index in [0.29, 0.717) is 24.5 Å². The Morgan fingerprint density at radius 1 is 1.40 bits per heavy atom. The van der Waals surface area contributed by atoms with Crippen LogP contribution in [-0.4, -0.2) is 58.0 Å². The molecule has 1 atom stereocenters. The fourth-order valence-corrected chi connectivity index (χ4v) is 4.07. The van der Waals surface area contributed by atoms with Crippen molar-refractivity contribution >= 4 is 15.7 Å². The van der Waals surface area contributed by atoms with Crippen LogP contribution in [0.15, 0.2) is 23.1 Å². The van der Waals surface area contributed by atoms with Crippen molar-refractivity contribution in [3.8, 4) is 5.75 Å². The molecule has 0 aromatic heterocycles. The van der Waals surface area contributed by atoms with Gasteiger partial charge in [-0.25, -0.2) is 8.42 Å². The SMILES string of the molecule is COc1ccc(N)cc1S(=O)(=O)N1CCC(N(C)C)C1. The molecule has 0 saturated carbocycles. The molecule has 0 bridgehead atoms. The molecule has 1 aliphatic rings. The van der Waals surface area contributed by atoms with E-state index in [1.807, 2.05) is 19.0 Å². The molecule has 0 amide bonds. The van der Waals surface area contributed by atoms with Crippen molar-refractivity contribution in [1.29, 1.82) is 0 Å². The molecule has 0 radical (unpaired) electrons. The standard InChI is InChI=1S/C13H21N3O3S/c1-15(2)11-6-7-16(9-11)20(17,18)13-8-10(14)4-5-12(13)19-3/h4-5,8,11H,6-7,9,14H2,1-3H3. The van der Waals surface area contributed by atoms with Gasteiger partial charge >= 0.3 is 0 Å². The van der Waals surface area contributed by atoms with Crippen molar-refractivity contribution in [1.82, 2.24) is 9.21 Å². The summed E-state index contributed by atoms with van der Waals surface area (Å²) in [6, 6.07) is 4.92. The van der Waals surface area contributed by atoms with Crippen LogP contribution in [0.5, 0.6) is 5.75 Å². The Balaban J connectivity index is 2.34. The van der Waals surface area contributed by atoms with Gasteiger partial charge < -0.3 is 15.4 Å². The fraction of sp³-hybridized carbons (Fsp3) is 0.538. The van der Waals surface area contributed by atoms with Gasteiger partial charge in [-0.1, -0.05) is 0 Å². The third-order valence-electron chi connectivity index (χ3n) is 3.66. The third kappa shape index (κ3) is 2.74. The van der Waals surface area contributed by atoms with Crippen LogP contribution in [0.4, 0.5) is 5.69 Å². The van der Waals surface area contributed by atoms with Crippen LogP contribution in [0.3, 0.4) is 0 Å². The van der Waals surface area contributed by atoms with Crippen molar-refractivity contribution in [2.24, 2.45) is 0 Å². The number of likely N-dealkylation sites (N-methyl/N-ethyl adjacent to an activating group) is 1. The molecular weight excluding hydrogens is 278 g/mol. The maximum atomic E-state index is 12.7. The van der Waals surface area contributed by atoms with E-state index >= 15 is 0 Å². The van der Waals surface area contributed by atoms with Crippen LogP contribution >= 0.6 is 0 Å².